The van der Waals surface area contributed by atoms with E-state index in [1.165, 1.54) is 6.26 Å². The first-order chi connectivity index (χ1) is 7.25. The Balaban J connectivity index is 2.08. The van der Waals surface area contributed by atoms with Crippen molar-refractivity contribution < 1.29 is 18.7 Å². The number of hydrogen-bond donors (Lipinski definition) is 1. The van der Waals surface area contributed by atoms with Crippen LogP contribution in [0.4, 0.5) is 0 Å². The van der Waals surface area contributed by atoms with Gasteiger partial charge in [0.25, 0.3) is 0 Å². The van der Waals surface area contributed by atoms with Crippen LogP contribution in [0.5, 0.6) is 0 Å². The van der Waals surface area contributed by atoms with Crippen LogP contribution in [0.3, 0.4) is 0 Å². The molecule has 0 fully saturated rings. The first-order valence-electron chi connectivity index (χ1n) is 4.45. The number of carbonyl (C=O) groups is 1. The summed E-state index contributed by atoms with van der Waals surface area (Å²) >= 11 is 0. The summed E-state index contributed by atoms with van der Waals surface area (Å²) in [6.45, 7) is 0. The number of aryl methyl sites for hydroxylation is 1. The Hall–Kier alpha value is -2.04. The Labute approximate surface area is 85.3 Å². The third kappa shape index (κ3) is 2.25. The van der Waals surface area contributed by atoms with Gasteiger partial charge in [0.05, 0.1) is 24.4 Å². The summed E-state index contributed by atoms with van der Waals surface area (Å²) in [5.41, 5.74) is 0.795. The van der Waals surface area contributed by atoms with E-state index in [9.17, 15) is 4.79 Å². The smallest absolute Gasteiger partial charge is 0.303 e. The molecule has 0 radical (unpaired) electrons. The molecule has 2 aromatic rings. The maximum absolute atomic E-state index is 10.3. The zero-order valence-corrected chi connectivity index (χ0v) is 7.84. The molecule has 0 spiro atoms. The molecule has 0 aliphatic rings. The molecule has 5 heteroatoms. The largest absolute Gasteiger partial charge is 0.481 e. The normalized spacial score (nSPS) is 10.4. The minimum Gasteiger partial charge on any atom is -0.481 e. The van der Waals surface area contributed by atoms with Crippen LogP contribution in [0.1, 0.15) is 12.3 Å². The third-order valence-electron chi connectivity index (χ3n) is 1.91. The Morgan fingerprint density at radius 2 is 2.40 bits per heavy atom. The number of oxazole rings is 1. The summed E-state index contributed by atoms with van der Waals surface area (Å²) in [5, 5.41) is 8.48. The highest BCUT2D eigenvalue weighted by Gasteiger charge is 2.08. The molecule has 0 aromatic carbocycles. The second kappa shape index (κ2) is 4.00. The SMILES string of the molecule is O=C(O)CCc1ncc(-c2ccoc2)o1. The molecule has 0 aliphatic carbocycles. The van der Waals surface area contributed by atoms with Gasteiger partial charge in [0.1, 0.15) is 6.26 Å². The van der Waals surface area contributed by atoms with E-state index in [4.69, 9.17) is 13.9 Å². The molecule has 0 unspecified atom stereocenters. The van der Waals surface area contributed by atoms with Crippen LogP contribution in [0.25, 0.3) is 11.3 Å². The minimum absolute atomic E-state index is 0.0192. The molecule has 0 amide bonds. The molecule has 2 heterocycles. The predicted octanol–water partition coefficient (Wildman–Crippen LogP) is 1.95. The third-order valence-corrected chi connectivity index (χ3v) is 1.91. The van der Waals surface area contributed by atoms with Gasteiger partial charge in [-0.3, -0.25) is 4.79 Å². The fourth-order valence-electron chi connectivity index (χ4n) is 1.18. The highest BCUT2D eigenvalue weighted by atomic mass is 16.4. The number of nitrogens with zero attached hydrogens (tertiary/aromatic N) is 1. The van der Waals surface area contributed by atoms with Crippen LogP contribution >= 0.6 is 0 Å². The lowest BCUT2D eigenvalue weighted by atomic mass is 10.3. The molecule has 15 heavy (non-hydrogen) atoms. The summed E-state index contributed by atoms with van der Waals surface area (Å²) in [5.74, 6) is 0.149. The number of carboxylic acid groups (broad SMARTS) is 1. The summed E-state index contributed by atoms with van der Waals surface area (Å²) in [6, 6.07) is 1.75. The van der Waals surface area contributed by atoms with Crippen molar-refractivity contribution >= 4 is 5.97 Å². The number of furan rings is 1. The maximum atomic E-state index is 10.3. The predicted molar refractivity (Wildman–Crippen MR) is 50.2 cm³/mol. The quantitative estimate of drug-likeness (QED) is 0.829. The van der Waals surface area contributed by atoms with E-state index in [-0.39, 0.29) is 6.42 Å². The van der Waals surface area contributed by atoms with Crippen molar-refractivity contribution in [2.24, 2.45) is 0 Å². The van der Waals surface area contributed by atoms with Crippen molar-refractivity contribution in [1.82, 2.24) is 4.98 Å². The van der Waals surface area contributed by atoms with Gasteiger partial charge in [-0.25, -0.2) is 4.98 Å². The minimum atomic E-state index is -0.863. The van der Waals surface area contributed by atoms with E-state index < -0.39 is 5.97 Å². The average Bonchev–Trinajstić information content (AvgIpc) is 2.85. The second-order valence-corrected chi connectivity index (χ2v) is 3.02. The molecule has 1 N–H and O–H groups in total. The van der Waals surface area contributed by atoms with Crippen LogP contribution in [-0.2, 0) is 11.2 Å². The summed E-state index contributed by atoms with van der Waals surface area (Å²) < 4.78 is 10.2. The second-order valence-electron chi connectivity index (χ2n) is 3.02. The van der Waals surface area contributed by atoms with E-state index in [2.05, 4.69) is 4.98 Å². The van der Waals surface area contributed by atoms with Crippen LogP contribution in [-0.4, -0.2) is 16.1 Å². The van der Waals surface area contributed by atoms with Gasteiger partial charge in [0.2, 0.25) is 0 Å². The Kier molecular flexibility index (Phi) is 2.53. The van der Waals surface area contributed by atoms with Gasteiger partial charge in [-0.05, 0) is 6.07 Å². The van der Waals surface area contributed by atoms with E-state index in [0.717, 1.165) is 5.56 Å². The Morgan fingerprint density at radius 3 is 3.07 bits per heavy atom. The highest BCUT2D eigenvalue weighted by Crippen LogP contribution is 2.20. The fraction of sp³-hybridized carbons (Fsp3) is 0.200. The molecule has 2 aromatic heterocycles. The van der Waals surface area contributed by atoms with Crippen LogP contribution in [0.15, 0.2) is 33.6 Å². The van der Waals surface area contributed by atoms with Gasteiger partial charge < -0.3 is 13.9 Å². The van der Waals surface area contributed by atoms with Gasteiger partial charge in [-0.2, -0.15) is 0 Å². The molecule has 78 valence electrons. The van der Waals surface area contributed by atoms with Crippen molar-refractivity contribution in [3.8, 4) is 11.3 Å². The van der Waals surface area contributed by atoms with Gasteiger partial charge in [0.15, 0.2) is 11.7 Å². The fourth-order valence-corrected chi connectivity index (χ4v) is 1.18. The van der Waals surface area contributed by atoms with E-state index in [0.29, 0.717) is 18.1 Å². The molecule has 2 rings (SSSR count). The molecule has 0 saturated carbocycles. The topological polar surface area (TPSA) is 76.5 Å². The molecule has 0 saturated heterocycles. The number of hydrogen-bond acceptors (Lipinski definition) is 4. The molecule has 0 bridgehead atoms. The van der Waals surface area contributed by atoms with Gasteiger partial charge in [-0.15, -0.1) is 0 Å². The van der Waals surface area contributed by atoms with Crippen molar-refractivity contribution in [2.45, 2.75) is 12.8 Å². The van der Waals surface area contributed by atoms with Crippen LogP contribution < -0.4 is 0 Å². The average molecular weight is 207 g/mol. The van der Waals surface area contributed by atoms with Crippen molar-refractivity contribution in [1.29, 1.82) is 0 Å². The van der Waals surface area contributed by atoms with Gasteiger partial charge in [0, 0.05) is 6.42 Å². The van der Waals surface area contributed by atoms with E-state index in [1.807, 2.05) is 0 Å². The summed E-state index contributed by atoms with van der Waals surface area (Å²) in [6.07, 6.45) is 4.96. The number of rotatable bonds is 4. The zero-order valence-electron chi connectivity index (χ0n) is 7.84. The molecule has 0 aliphatic heterocycles. The Bertz CT molecular complexity index is 444. The van der Waals surface area contributed by atoms with Crippen LogP contribution in [0, 0.1) is 0 Å². The standard InChI is InChI=1S/C10H9NO4/c12-10(13)2-1-9-11-5-8(15-9)7-3-4-14-6-7/h3-6H,1-2H2,(H,12,13). The van der Waals surface area contributed by atoms with Crippen LogP contribution in [0.2, 0.25) is 0 Å². The van der Waals surface area contributed by atoms with Crippen molar-refractivity contribution in [3.05, 3.63) is 30.7 Å². The lowest BCUT2D eigenvalue weighted by molar-refractivity contribution is -0.137. The zero-order chi connectivity index (χ0) is 10.7. The summed E-state index contributed by atoms with van der Waals surface area (Å²) in [7, 11) is 0. The Morgan fingerprint density at radius 1 is 1.53 bits per heavy atom. The monoisotopic (exact) mass is 207 g/mol. The maximum Gasteiger partial charge on any atom is 0.303 e. The van der Waals surface area contributed by atoms with Gasteiger partial charge >= 0.3 is 5.97 Å². The first-order valence-corrected chi connectivity index (χ1v) is 4.45. The van der Waals surface area contributed by atoms with Crippen molar-refractivity contribution in [3.63, 3.8) is 0 Å². The number of aliphatic carboxylic acids is 1. The first kappa shape index (κ1) is 9.51. The number of carboxylic acids is 1. The highest BCUT2D eigenvalue weighted by molar-refractivity contribution is 5.66. The number of aromatic nitrogens is 1. The van der Waals surface area contributed by atoms with E-state index >= 15 is 0 Å². The lowest BCUT2D eigenvalue weighted by Crippen LogP contribution is -1.97. The lowest BCUT2D eigenvalue weighted by Gasteiger charge is -1.90. The van der Waals surface area contributed by atoms with E-state index in [1.54, 1.807) is 18.5 Å². The molecule has 5 nitrogen and oxygen atoms in total. The molecule has 0 atom stereocenters. The van der Waals surface area contributed by atoms with Crippen molar-refractivity contribution in [2.75, 3.05) is 0 Å². The molecular weight excluding hydrogens is 198 g/mol. The van der Waals surface area contributed by atoms with Gasteiger partial charge in [-0.1, -0.05) is 0 Å². The molecular formula is C10H9NO4. The summed E-state index contributed by atoms with van der Waals surface area (Å²) in [4.78, 5) is 14.3.